The van der Waals surface area contributed by atoms with Crippen LogP contribution in [0.3, 0.4) is 0 Å². The molecule has 0 aliphatic heterocycles. The van der Waals surface area contributed by atoms with Gasteiger partial charge in [0.1, 0.15) is 11.5 Å². The van der Waals surface area contributed by atoms with Gasteiger partial charge in [-0.25, -0.2) is 9.50 Å². The number of rotatable bonds is 4. The number of aryl methyl sites for hydroxylation is 1. The summed E-state index contributed by atoms with van der Waals surface area (Å²) < 4.78 is 14.0. The molecule has 0 saturated carbocycles. The van der Waals surface area contributed by atoms with Crippen LogP contribution in [0.25, 0.3) is 33.4 Å². The second-order valence-corrected chi connectivity index (χ2v) is 7.72. The summed E-state index contributed by atoms with van der Waals surface area (Å²) in [6.45, 7) is 1.92. The van der Waals surface area contributed by atoms with Crippen molar-refractivity contribution in [3.63, 3.8) is 0 Å². The summed E-state index contributed by atoms with van der Waals surface area (Å²) in [6.07, 6.45) is 3.31. The molecular weight excluding hydrogens is 428 g/mol. The van der Waals surface area contributed by atoms with Gasteiger partial charge in [-0.15, -0.1) is 0 Å². The maximum Gasteiger partial charge on any atom is 0.266 e. The van der Waals surface area contributed by atoms with E-state index in [1.54, 1.807) is 49.3 Å². The number of aromatic nitrogens is 4. The summed E-state index contributed by atoms with van der Waals surface area (Å²) in [6, 6.07) is 14.7. The Labute approximate surface area is 188 Å². The molecule has 7 nitrogen and oxygen atoms in total. The molecule has 2 aromatic carbocycles. The number of benzene rings is 2. The molecule has 8 heteroatoms. The third-order valence-electron chi connectivity index (χ3n) is 5.47. The lowest BCUT2D eigenvalue weighted by atomic mass is 10.1. The van der Waals surface area contributed by atoms with Gasteiger partial charge in [-0.2, -0.15) is 5.10 Å². The van der Waals surface area contributed by atoms with Crippen LogP contribution in [0.2, 0.25) is 5.02 Å². The van der Waals surface area contributed by atoms with Crippen LogP contribution in [0, 0.1) is 6.92 Å². The molecule has 0 bridgehead atoms. The fourth-order valence-corrected chi connectivity index (χ4v) is 4.03. The van der Waals surface area contributed by atoms with Crippen molar-refractivity contribution in [1.82, 2.24) is 19.2 Å². The molecule has 0 atom stereocenters. The van der Waals surface area contributed by atoms with Crippen molar-refractivity contribution in [3.8, 4) is 28.3 Å². The molecule has 0 spiro atoms. The monoisotopic (exact) mass is 446 g/mol. The molecule has 3 aromatic heterocycles. The van der Waals surface area contributed by atoms with Crippen molar-refractivity contribution in [3.05, 3.63) is 82.0 Å². The number of halogens is 1. The number of nitrogens with zero attached hydrogens (tertiary/aromatic N) is 4. The Morgan fingerprint density at radius 2 is 1.78 bits per heavy atom. The highest BCUT2D eigenvalue weighted by atomic mass is 35.5. The summed E-state index contributed by atoms with van der Waals surface area (Å²) in [7, 11) is 3.14. The SMILES string of the molecule is COc1ccc(-n2ccc3c(cnc4c(-c5ccc(Cl)cc5)c(C)nn43)c2=O)c(OC)c1. The van der Waals surface area contributed by atoms with Crippen LogP contribution < -0.4 is 15.0 Å². The van der Waals surface area contributed by atoms with Gasteiger partial charge in [0.25, 0.3) is 5.56 Å². The van der Waals surface area contributed by atoms with Gasteiger partial charge in [-0.3, -0.25) is 9.36 Å². The lowest BCUT2D eigenvalue weighted by Gasteiger charge is -2.13. The number of fused-ring (bicyclic) bond motifs is 3. The minimum atomic E-state index is -0.221. The highest BCUT2D eigenvalue weighted by Crippen LogP contribution is 2.30. The predicted molar refractivity (Wildman–Crippen MR) is 124 cm³/mol. The van der Waals surface area contributed by atoms with Crippen LogP contribution in [0.15, 0.2) is 65.7 Å². The lowest BCUT2D eigenvalue weighted by molar-refractivity contribution is 0.393. The Hall–Kier alpha value is -3.84. The van der Waals surface area contributed by atoms with Gasteiger partial charge in [0.05, 0.1) is 36.5 Å². The van der Waals surface area contributed by atoms with E-state index in [4.69, 9.17) is 21.1 Å². The molecular formula is C24H19ClN4O3. The number of pyridine rings is 1. The summed E-state index contributed by atoms with van der Waals surface area (Å²) in [5.74, 6) is 1.17. The van der Waals surface area contributed by atoms with E-state index in [0.29, 0.717) is 38.8 Å². The fourth-order valence-electron chi connectivity index (χ4n) is 3.90. The average molecular weight is 447 g/mol. The van der Waals surface area contributed by atoms with Gasteiger partial charge in [0.15, 0.2) is 5.65 Å². The third-order valence-corrected chi connectivity index (χ3v) is 5.72. The fraction of sp³-hybridized carbons (Fsp3) is 0.125. The van der Waals surface area contributed by atoms with Crippen LogP contribution in [0.5, 0.6) is 11.5 Å². The second kappa shape index (κ2) is 7.69. The summed E-state index contributed by atoms with van der Waals surface area (Å²) >= 11 is 6.04. The normalized spacial score (nSPS) is 11.2. The van der Waals surface area contributed by atoms with Gasteiger partial charge in [0.2, 0.25) is 0 Å². The first-order valence-corrected chi connectivity index (χ1v) is 10.3. The lowest BCUT2D eigenvalue weighted by Crippen LogP contribution is -2.19. The highest BCUT2D eigenvalue weighted by molar-refractivity contribution is 6.30. The summed E-state index contributed by atoms with van der Waals surface area (Å²) in [4.78, 5) is 18.0. The molecule has 0 N–H and O–H groups in total. The van der Waals surface area contributed by atoms with Gasteiger partial charge >= 0.3 is 0 Å². The number of methoxy groups -OCH3 is 2. The molecule has 0 amide bonds. The van der Waals surface area contributed by atoms with Gasteiger partial charge in [-0.05, 0) is 42.8 Å². The van der Waals surface area contributed by atoms with Gasteiger partial charge in [0, 0.05) is 29.0 Å². The van der Waals surface area contributed by atoms with E-state index in [2.05, 4.69) is 10.1 Å². The van der Waals surface area contributed by atoms with Crippen LogP contribution in [0.1, 0.15) is 5.69 Å². The van der Waals surface area contributed by atoms with E-state index in [0.717, 1.165) is 16.8 Å². The Bertz CT molecular complexity index is 1540. The molecule has 0 unspecified atom stereocenters. The summed E-state index contributed by atoms with van der Waals surface area (Å²) in [5, 5.41) is 5.78. The van der Waals surface area contributed by atoms with E-state index >= 15 is 0 Å². The maximum atomic E-state index is 13.4. The van der Waals surface area contributed by atoms with Crippen molar-refractivity contribution < 1.29 is 9.47 Å². The number of hydrogen-bond donors (Lipinski definition) is 0. The van der Waals surface area contributed by atoms with E-state index < -0.39 is 0 Å². The first kappa shape index (κ1) is 20.1. The Balaban J connectivity index is 1.73. The molecule has 3 heterocycles. The number of ether oxygens (including phenoxy) is 2. The zero-order valence-corrected chi connectivity index (χ0v) is 18.4. The molecule has 0 aliphatic carbocycles. The first-order chi connectivity index (χ1) is 15.5. The molecule has 5 rings (SSSR count). The van der Waals surface area contributed by atoms with Crippen LogP contribution >= 0.6 is 11.6 Å². The molecule has 0 radical (unpaired) electrons. The maximum absolute atomic E-state index is 13.4. The van der Waals surface area contributed by atoms with Crippen LogP contribution in [-0.2, 0) is 0 Å². The molecule has 32 heavy (non-hydrogen) atoms. The molecule has 160 valence electrons. The second-order valence-electron chi connectivity index (χ2n) is 7.29. The molecule has 0 fully saturated rings. The smallest absolute Gasteiger partial charge is 0.266 e. The largest absolute Gasteiger partial charge is 0.497 e. The summed E-state index contributed by atoms with van der Waals surface area (Å²) in [5.41, 5.74) is 4.42. The van der Waals surface area contributed by atoms with E-state index in [1.807, 2.05) is 37.3 Å². The zero-order valence-electron chi connectivity index (χ0n) is 17.7. The standard InChI is InChI=1S/C24H19ClN4O3/c1-14-22(15-4-6-16(25)7-5-15)23-26-13-18-19(29(23)27-14)10-11-28(24(18)30)20-9-8-17(31-2)12-21(20)32-3/h4-13H,1-3H3. The Morgan fingerprint density at radius 3 is 2.50 bits per heavy atom. The minimum Gasteiger partial charge on any atom is -0.497 e. The zero-order chi connectivity index (χ0) is 22.4. The van der Waals surface area contributed by atoms with E-state index in [1.165, 1.54) is 4.57 Å². The van der Waals surface area contributed by atoms with Crippen molar-refractivity contribution >= 4 is 28.2 Å². The van der Waals surface area contributed by atoms with Crippen molar-refractivity contribution in [2.45, 2.75) is 6.92 Å². The Kier molecular flexibility index (Phi) is 4.83. The van der Waals surface area contributed by atoms with Crippen LogP contribution in [0.4, 0.5) is 0 Å². The van der Waals surface area contributed by atoms with Crippen LogP contribution in [-0.4, -0.2) is 33.4 Å². The van der Waals surface area contributed by atoms with Crippen molar-refractivity contribution in [1.29, 1.82) is 0 Å². The quantitative estimate of drug-likeness (QED) is 0.401. The predicted octanol–water partition coefficient (Wildman–Crippen LogP) is 4.68. The van der Waals surface area contributed by atoms with Gasteiger partial charge < -0.3 is 9.47 Å². The van der Waals surface area contributed by atoms with Crippen molar-refractivity contribution in [2.24, 2.45) is 0 Å². The average Bonchev–Trinajstić information content (AvgIpc) is 3.15. The van der Waals surface area contributed by atoms with Gasteiger partial charge in [-0.1, -0.05) is 23.7 Å². The molecule has 0 saturated heterocycles. The topological polar surface area (TPSA) is 70.6 Å². The highest BCUT2D eigenvalue weighted by Gasteiger charge is 2.17. The third kappa shape index (κ3) is 3.09. The van der Waals surface area contributed by atoms with E-state index in [-0.39, 0.29) is 5.56 Å². The van der Waals surface area contributed by atoms with Crippen molar-refractivity contribution in [2.75, 3.05) is 14.2 Å². The molecule has 0 aliphatic rings. The van der Waals surface area contributed by atoms with E-state index in [9.17, 15) is 4.79 Å². The minimum absolute atomic E-state index is 0.221. The molecule has 5 aromatic rings. The Morgan fingerprint density at radius 1 is 1.00 bits per heavy atom. The number of hydrogen-bond acceptors (Lipinski definition) is 5. The first-order valence-electron chi connectivity index (χ1n) is 9.90.